The zero-order valence-corrected chi connectivity index (χ0v) is 21.9. The number of benzene rings is 2. The SMILES string of the molecule is NCC(=O)Nc1ccc(OP(=O)(Oc2ccc(NC(=O)CN)cc2)C2CCCN2C(=O)C2CCC[NH2+]2)cc1. The van der Waals surface area contributed by atoms with E-state index < -0.39 is 13.4 Å². The first-order chi connectivity index (χ1) is 18.3. The minimum atomic E-state index is -3.98. The second-order valence-corrected chi connectivity index (χ2v) is 11.2. The van der Waals surface area contributed by atoms with Gasteiger partial charge < -0.3 is 41.4 Å². The lowest BCUT2D eigenvalue weighted by Gasteiger charge is -2.31. The van der Waals surface area contributed by atoms with Crippen molar-refractivity contribution < 1.29 is 33.3 Å². The maximum Gasteiger partial charge on any atom is 0.453 e. The molecule has 204 valence electrons. The molecule has 13 heteroatoms. The van der Waals surface area contributed by atoms with Crippen molar-refractivity contribution in [1.29, 1.82) is 0 Å². The van der Waals surface area contributed by atoms with Crippen LogP contribution < -0.4 is 36.5 Å². The zero-order valence-electron chi connectivity index (χ0n) is 21.0. The molecular formula is C25H34N6O6P+. The van der Waals surface area contributed by atoms with E-state index in [9.17, 15) is 18.9 Å². The predicted molar refractivity (Wildman–Crippen MR) is 142 cm³/mol. The van der Waals surface area contributed by atoms with Gasteiger partial charge in [0, 0.05) is 30.8 Å². The molecule has 0 spiro atoms. The summed E-state index contributed by atoms with van der Waals surface area (Å²) in [5, 5.41) is 7.30. The van der Waals surface area contributed by atoms with Crippen LogP contribution in [0.5, 0.6) is 11.5 Å². The summed E-state index contributed by atoms with van der Waals surface area (Å²) >= 11 is 0. The fourth-order valence-electron chi connectivity index (χ4n) is 4.60. The molecule has 4 rings (SSSR count). The third-order valence-electron chi connectivity index (χ3n) is 6.47. The molecule has 8 N–H and O–H groups in total. The van der Waals surface area contributed by atoms with Crippen LogP contribution in [0.1, 0.15) is 25.7 Å². The van der Waals surface area contributed by atoms with Gasteiger partial charge in [-0.15, -0.1) is 0 Å². The molecule has 2 heterocycles. The molecule has 2 atom stereocenters. The molecular weight excluding hydrogens is 511 g/mol. The number of hydrogen-bond acceptors (Lipinski definition) is 8. The molecule has 38 heavy (non-hydrogen) atoms. The summed E-state index contributed by atoms with van der Waals surface area (Å²) in [6, 6.07) is 12.5. The minimum Gasteiger partial charge on any atom is -0.415 e. The van der Waals surface area contributed by atoms with E-state index in [0.29, 0.717) is 30.8 Å². The highest BCUT2D eigenvalue weighted by molar-refractivity contribution is 7.55. The number of hydrogen-bond donors (Lipinski definition) is 5. The number of nitrogens with one attached hydrogen (secondary N) is 2. The van der Waals surface area contributed by atoms with E-state index in [2.05, 4.69) is 10.6 Å². The number of quaternary nitrogens is 1. The maximum atomic E-state index is 14.5. The quantitative estimate of drug-likeness (QED) is 0.272. The topological polar surface area (TPSA) is 183 Å². The summed E-state index contributed by atoms with van der Waals surface area (Å²) in [4.78, 5) is 38.1. The summed E-state index contributed by atoms with van der Waals surface area (Å²) in [6.07, 6.45) is 2.87. The van der Waals surface area contributed by atoms with E-state index >= 15 is 0 Å². The van der Waals surface area contributed by atoms with Gasteiger partial charge in [-0.2, -0.15) is 0 Å². The van der Waals surface area contributed by atoms with Gasteiger partial charge in [-0.1, -0.05) is 0 Å². The van der Waals surface area contributed by atoms with Gasteiger partial charge in [0.05, 0.1) is 19.6 Å². The Kier molecular flexibility index (Phi) is 9.01. The number of nitrogens with zero attached hydrogens (tertiary/aromatic N) is 1. The van der Waals surface area contributed by atoms with Gasteiger partial charge in [0.15, 0.2) is 11.8 Å². The molecule has 0 aliphatic carbocycles. The molecule has 0 aromatic heterocycles. The van der Waals surface area contributed by atoms with Crippen molar-refractivity contribution in [3.8, 4) is 11.5 Å². The lowest BCUT2D eigenvalue weighted by atomic mass is 10.2. The monoisotopic (exact) mass is 545 g/mol. The Morgan fingerprint density at radius 1 is 0.868 bits per heavy atom. The Hall–Kier alpha value is -3.44. The molecule has 2 fully saturated rings. The Bertz CT molecular complexity index is 1120. The van der Waals surface area contributed by atoms with Gasteiger partial charge >= 0.3 is 7.60 Å². The van der Waals surface area contributed by atoms with Crippen LogP contribution in [0, 0.1) is 0 Å². The molecule has 3 amide bonds. The lowest BCUT2D eigenvalue weighted by Crippen LogP contribution is -2.89. The number of anilines is 2. The molecule has 2 aromatic carbocycles. The summed E-state index contributed by atoms with van der Waals surface area (Å²) in [6.45, 7) is 1.05. The summed E-state index contributed by atoms with van der Waals surface area (Å²) in [5.74, 6) is -0.991. The van der Waals surface area contributed by atoms with Crippen molar-refractivity contribution >= 4 is 36.7 Å². The molecule has 2 aliphatic rings. The van der Waals surface area contributed by atoms with Crippen LogP contribution in [0.25, 0.3) is 0 Å². The normalized spacial score (nSPS) is 19.2. The van der Waals surface area contributed by atoms with E-state index in [-0.39, 0.29) is 48.4 Å². The van der Waals surface area contributed by atoms with Gasteiger partial charge in [-0.25, -0.2) is 4.57 Å². The summed E-state index contributed by atoms with van der Waals surface area (Å²) < 4.78 is 26.6. The third kappa shape index (κ3) is 6.70. The van der Waals surface area contributed by atoms with Crippen LogP contribution in [0.2, 0.25) is 0 Å². The predicted octanol–water partition coefficient (Wildman–Crippen LogP) is 0.806. The van der Waals surface area contributed by atoms with Crippen molar-refractivity contribution in [3.63, 3.8) is 0 Å². The van der Waals surface area contributed by atoms with Crippen LogP contribution in [-0.4, -0.2) is 60.6 Å². The third-order valence-corrected chi connectivity index (χ3v) is 8.67. The first-order valence-corrected chi connectivity index (χ1v) is 14.2. The summed E-state index contributed by atoms with van der Waals surface area (Å²) in [7, 11) is -3.98. The van der Waals surface area contributed by atoms with Crippen LogP contribution in [-0.2, 0) is 18.9 Å². The Balaban J connectivity index is 1.59. The smallest absolute Gasteiger partial charge is 0.415 e. The average Bonchev–Trinajstić information content (AvgIpc) is 3.64. The van der Waals surface area contributed by atoms with Crippen molar-refractivity contribution in [2.24, 2.45) is 11.5 Å². The Morgan fingerprint density at radius 3 is 1.84 bits per heavy atom. The van der Waals surface area contributed by atoms with Crippen molar-refractivity contribution in [2.75, 3.05) is 36.8 Å². The van der Waals surface area contributed by atoms with Crippen LogP contribution in [0.15, 0.2) is 48.5 Å². The molecule has 0 bridgehead atoms. The van der Waals surface area contributed by atoms with Gasteiger partial charge in [0.1, 0.15) is 11.5 Å². The highest BCUT2D eigenvalue weighted by atomic mass is 31.2. The number of rotatable bonds is 10. The molecule has 2 aliphatic heterocycles. The molecule has 12 nitrogen and oxygen atoms in total. The van der Waals surface area contributed by atoms with E-state index in [1.807, 2.05) is 5.32 Å². The first kappa shape index (κ1) is 27.6. The number of nitrogens with two attached hydrogens (primary N) is 3. The largest absolute Gasteiger partial charge is 0.453 e. The summed E-state index contributed by atoms with van der Waals surface area (Å²) in [5.41, 5.74) is 11.7. The standard InChI is InChI=1S/C25H33N6O6P/c26-15-22(32)29-17-5-9-19(10-6-17)36-38(35,37-20-11-7-18(8-12-20)30-23(33)16-27)24-4-2-14-31(24)25(34)21-3-1-13-28-21/h5-12,21,24,28H,1-4,13-16,26-27H2,(H,29,32)(H,30,33)/p+1. The highest BCUT2D eigenvalue weighted by Crippen LogP contribution is 2.57. The van der Waals surface area contributed by atoms with Crippen molar-refractivity contribution in [1.82, 2.24) is 4.90 Å². The number of carbonyl (C=O) groups excluding carboxylic acids is 3. The second-order valence-electron chi connectivity index (χ2n) is 9.20. The fourth-order valence-corrected chi connectivity index (χ4v) is 6.78. The van der Waals surface area contributed by atoms with Crippen molar-refractivity contribution in [3.05, 3.63) is 48.5 Å². The average molecular weight is 546 g/mol. The van der Waals surface area contributed by atoms with Crippen LogP contribution in [0.4, 0.5) is 11.4 Å². The van der Waals surface area contributed by atoms with Crippen molar-refractivity contribution in [2.45, 2.75) is 37.5 Å². The molecule has 2 unspecified atom stereocenters. The second kappa shape index (κ2) is 12.4. The highest BCUT2D eigenvalue weighted by Gasteiger charge is 2.49. The molecule has 2 saturated heterocycles. The van der Waals surface area contributed by atoms with E-state index in [4.69, 9.17) is 20.5 Å². The number of likely N-dealkylation sites (tertiary alicyclic amines) is 1. The first-order valence-electron chi connectivity index (χ1n) is 12.6. The van der Waals surface area contributed by atoms with Crippen LogP contribution >= 0.6 is 7.60 Å². The minimum absolute atomic E-state index is 0.0582. The maximum absolute atomic E-state index is 14.5. The van der Waals surface area contributed by atoms with E-state index in [1.54, 1.807) is 53.4 Å². The Morgan fingerprint density at radius 2 is 1.39 bits per heavy atom. The number of carbonyl (C=O) groups is 3. The number of amides is 3. The Labute approximate surface area is 220 Å². The molecule has 0 radical (unpaired) electrons. The lowest BCUT2D eigenvalue weighted by molar-refractivity contribution is -0.658. The van der Waals surface area contributed by atoms with E-state index in [1.165, 1.54) is 0 Å². The molecule has 2 aromatic rings. The van der Waals surface area contributed by atoms with Gasteiger partial charge in [-0.3, -0.25) is 14.4 Å². The van der Waals surface area contributed by atoms with Gasteiger partial charge in [0.25, 0.3) is 5.91 Å². The van der Waals surface area contributed by atoms with E-state index in [0.717, 1.165) is 19.4 Å². The van der Waals surface area contributed by atoms with Gasteiger partial charge in [0.2, 0.25) is 11.8 Å². The fraction of sp³-hybridized carbons (Fsp3) is 0.400. The van der Waals surface area contributed by atoms with Gasteiger partial charge in [-0.05, 0) is 61.4 Å². The zero-order chi connectivity index (χ0) is 27.1. The molecule has 0 saturated carbocycles. The van der Waals surface area contributed by atoms with Crippen LogP contribution in [0.3, 0.4) is 0 Å².